The molecule has 0 bridgehead atoms. The third-order valence-electron chi connectivity index (χ3n) is 3.80. The molecule has 0 aliphatic carbocycles. The molecule has 3 aromatic rings. The van der Waals surface area contributed by atoms with Gasteiger partial charge in [-0.1, -0.05) is 23.7 Å². The van der Waals surface area contributed by atoms with E-state index in [1.165, 1.54) is 31.2 Å². The van der Waals surface area contributed by atoms with Crippen LogP contribution in [0.3, 0.4) is 0 Å². The van der Waals surface area contributed by atoms with Crippen LogP contribution >= 0.6 is 11.6 Å². The number of halogens is 3. The zero-order valence-electron chi connectivity index (χ0n) is 14.6. The van der Waals surface area contributed by atoms with Gasteiger partial charge in [0.05, 0.1) is 5.56 Å². The molecule has 0 unspecified atom stereocenters. The number of nitrogens with one attached hydrogen (secondary N) is 1. The fourth-order valence-electron chi connectivity index (χ4n) is 2.61. The topological polar surface area (TPSA) is 55.4 Å². The fourth-order valence-corrected chi connectivity index (χ4v) is 2.80. The number of carbonyl (C=O) groups excluding carboxylic acids is 2. The molecule has 0 aliphatic heterocycles. The van der Waals surface area contributed by atoms with E-state index in [0.717, 1.165) is 12.1 Å². The van der Waals surface area contributed by atoms with E-state index in [1.54, 1.807) is 24.3 Å². The molecule has 0 atom stereocenters. The molecule has 28 heavy (non-hydrogen) atoms. The number of ether oxygens (including phenoxy) is 1. The summed E-state index contributed by atoms with van der Waals surface area (Å²) in [4.78, 5) is 24.1. The molecule has 142 valence electrons. The smallest absolute Gasteiger partial charge is 0.308 e. The summed E-state index contributed by atoms with van der Waals surface area (Å²) in [5.41, 5.74) is 0.873. The molecule has 3 rings (SSSR count). The summed E-state index contributed by atoms with van der Waals surface area (Å²) < 4.78 is 32.4. The van der Waals surface area contributed by atoms with Gasteiger partial charge in [0.15, 0.2) is 0 Å². The lowest BCUT2D eigenvalue weighted by Gasteiger charge is -2.12. The molecule has 1 N–H and O–H groups in total. The number of hydrogen-bond acceptors (Lipinski definition) is 3. The van der Waals surface area contributed by atoms with Crippen molar-refractivity contribution in [2.75, 3.05) is 5.32 Å². The Morgan fingerprint density at radius 1 is 1.00 bits per heavy atom. The van der Waals surface area contributed by atoms with Crippen molar-refractivity contribution in [3.8, 4) is 16.9 Å². The van der Waals surface area contributed by atoms with Crippen LogP contribution < -0.4 is 10.1 Å². The maximum absolute atomic E-state index is 14.1. The predicted molar refractivity (Wildman–Crippen MR) is 103 cm³/mol. The van der Waals surface area contributed by atoms with Crippen LogP contribution in [0, 0.1) is 11.6 Å². The van der Waals surface area contributed by atoms with Gasteiger partial charge in [-0.15, -0.1) is 0 Å². The molecule has 0 saturated heterocycles. The van der Waals surface area contributed by atoms with Gasteiger partial charge in [0.1, 0.15) is 17.4 Å². The first kappa shape index (κ1) is 19.5. The first-order valence-corrected chi connectivity index (χ1v) is 8.56. The van der Waals surface area contributed by atoms with Gasteiger partial charge in [0, 0.05) is 29.3 Å². The van der Waals surface area contributed by atoms with E-state index in [-0.39, 0.29) is 16.9 Å². The quantitative estimate of drug-likeness (QED) is 0.466. The molecular weight excluding hydrogens is 388 g/mol. The van der Waals surface area contributed by atoms with Crippen LogP contribution in [0.2, 0.25) is 5.02 Å². The average Bonchev–Trinajstić information content (AvgIpc) is 2.62. The maximum Gasteiger partial charge on any atom is 0.308 e. The van der Waals surface area contributed by atoms with Crippen LogP contribution in [0.5, 0.6) is 5.75 Å². The molecule has 0 saturated carbocycles. The second kappa shape index (κ2) is 8.19. The van der Waals surface area contributed by atoms with Crippen molar-refractivity contribution in [2.45, 2.75) is 6.92 Å². The van der Waals surface area contributed by atoms with Crippen molar-refractivity contribution in [1.29, 1.82) is 0 Å². The summed E-state index contributed by atoms with van der Waals surface area (Å²) >= 11 is 5.92. The van der Waals surface area contributed by atoms with Gasteiger partial charge >= 0.3 is 5.97 Å². The molecule has 4 nitrogen and oxygen atoms in total. The maximum atomic E-state index is 14.1. The minimum absolute atomic E-state index is 0.0106. The van der Waals surface area contributed by atoms with E-state index >= 15 is 0 Å². The number of anilines is 1. The molecule has 0 radical (unpaired) electrons. The molecule has 0 spiro atoms. The molecule has 3 aromatic carbocycles. The summed E-state index contributed by atoms with van der Waals surface area (Å²) in [5.74, 6) is -2.67. The lowest BCUT2D eigenvalue weighted by molar-refractivity contribution is -0.131. The Hall–Kier alpha value is -3.25. The predicted octanol–water partition coefficient (Wildman–Crippen LogP) is 5.46. The molecule has 1 amide bonds. The Labute approximate surface area is 164 Å². The van der Waals surface area contributed by atoms with Crippen molar-refractivity contribution in [2.24, 2.45) is 0 Å². The number of esters is 1. The minimum Gasteiger partial charge on any atom is -0.426 e. The van der Waals surface area contributed by atoms with Gasteiger partial charge in [0.25, 0.3) is 5.91 Å². The summed E-state index contributed by atoms with van der Waals surface area (Å²) in [5, 5.41) is 3.08. The van der Waals surface area contributed by atoms with Crippen LogP contribution in [0.4, 0.5) is 14.5 Å². The highest BCUT2D eigenvalue weighted by Gasteiger charge is 2.17. The van der Waals surface area contributed by atoms with Crippen molar-refractivity contribution < 1.29 is 23.1 Å². The Morgan fingerprint density at radius 2 is 1.79 bits per heavy atom. The SMILES string of the molecule is CC(=O)Oc1ccc(-c2ccc(F)cc2F)cc1C(=O)Nc1cccc(Cl)c1. The minimum atomic E-state index is -0.776. The monoisotopic (exact) mass is 401 g/mol. The first-order chi connectivity index (χ1) is 13.3. The number of rotatable bonds is 4. The lowest BCUT2D eigenvalue weighted by Crippen LogP contribution is -2.15. The van der Waals surface area contributed by atoms with Crippen LogP contribution in [0.25, 0.3) is 11.1 Å². The standard InChI is InChI=1S/C21H14ClF2NO3/c1-12(26)28-20-8-5-13(17-7-6-15(23)11-19(17)24)9-18(20)21(27)25-16-4-2-3-14(22)10-16/h2-11H,1H3,(H,25,27). The van der Waals surface area contributed by atoms with Gasteiger partial charge in [-0.3, -0.25) is 9.59 Å². The van der Waals surface area contributed by atoms with E-state index in [4.69, 9.17) is 16.3 Å². The summed E-state index contributed by atoms with van der Waals surface area (Å²) in [6, 6.07) is 13.9. The third-order valence-corrected chi connectivity index (χ3v) is 4.04. The van der Waals surface area contributed by atoms with E-state index in [1.807, 2.05) is 0 Å². The molecule has 0 aromatic heterocycles. The number of amides is 1. The summed E-state index contributed by atoms with van der Waals surface area (Å²) in [6.45, 7) is 1.20. The van der Waals surface area contributed by atoms with Crippen molar-refractivity contribution >= 4 is 29.2 Å². The van der Waals surface area contributed by atoms with Crippen LogP contribution in [-0.4, -0.2) is 11.9 Å². The Morgan fingerprint density at radius 3 is 2.46 bits per heavy atom. The van der Waals surface area contributed by atoms with Crippen LogP contribution in [0.1, 0.15) is 17.3 Å². The first-order valence-electron chi connectivity index (χ1n) is 8.18. The fraction of sp³-hybridized carbons (Fsp3) is 0.0476. The van der Waals surface area contributed by atoms with Gasteiger partial charge in [-0.05, 0) is 48.0 Å². The zero-order valence-corrected chi connectivity index (χ0v) is 15.4. The van der Waals surface area contributed by atoms with Gasteiger partial charge in [-0.25, -0.2) is 8.78 Å². The second-order valence-corrected chi connectivity index (χ2v) is 6.33. The van der Waals surface area contributed by atoms with Crippen LogP contribution in [0.15, 0.2) is 60.7 Å². The average molecular weight is 402 g/mol. The summed E-state index contributed by atoms with van der Waals surface area (Å²) in [6.07, 6.45) is 0. The van der Waals surface area contributed by atoms with Gasteiger partial charge < -0.3 is 10.1 Å². The largest absolute Gasteiger partial charge is 0.426 e. The molecule has 7 heteroatoms. The van der Waals surface area contributed by atoms with Gasteiger partial charge in [0.2, 0.25) is 0 Å². The highest BCUT2D eigenvalue weighted by atomic mass is 35.5. The highest BCUT2D eigenvalue weighted by Crippen LogP contribution is 2.30. The lowest BCUT2D eigenvalue weighted by atomic mass is 10.0. The number of carbonyl (C=O) groups is 2. The van der Waals surface area contributed by atoms with Crippen molar-refractivity contribution in [3.05, 3.63) is 82.9 Å². The zero-order chi connectivity index (χ0) is 20.3. The number of benzene rings is 3. The summed E-state index contributed by atoms with van der Waals surface area (Å²) in [7, 11) is 0. The Bertz CT molecular complexity index is 1070. The van der Waals surface area contributed by atoms with Crippen LogP contribution in [-0.2, 0) is 4.79 Å². The number of hydrogen-bond donors (Lipinski definition) is 1. The van der Waals surface area contributed by atoms with E-state index in [0.29, 0.717) is 16.3 Å². The highest BCUT2D eigenvalue weighted by molar-refractivity contribution is 6.31. The van der Waals surface area contributed by atoms with E-state index in [2.05, 4.69) is 5.32 Å². The second-order valence-electron chi connectivity index (χ2n) is 5.89. The van der Waals surface area contributed by atoms with E-state index in [9.17, 15) is 18.4 Å². The van der Waals surface area contributed by atoms with Crippen molar-refractivity contribution in [1.82, 2.24) is 0 Å². The normalized spacial score (nSPS) is 10.4. The van der Waals surface area contributed by atoms with Gasteiger partial charge in [-0.2, -0.15) is 0 Å². The molecule has 0 aliphatic rings. The molecule has 0 fully saturated rings. The molecule has 0 heterocycles. The van der Waals surface area contributed by atoms with E-state index < -0.39 is 23.5 Å². The Kier molecular flexibility index (Phi) is 5.70. The van der Waals surface area contributed by atoms with Crippen molar-refractivity contribution in [3.63, 3.8) is 0 Å². The molecular formula is C21H14ClF2NO3. The third kappa shape index (κ3) is 4.53. The Balaban J connectivity index is 2.02.